The number of benzene rings is 4. The Morgan fingerprint density at radius 2 is 0.967 bits per heavy atom. The van der Waals surface area contributed by atoms with Gasteiger partial charge in [-0.1, -0.05) is 79.7 Å². The molecule has 0 radical (unpaired) electrons. The van der Waals surface area contributed by atoms with Crippen LogP contribution in [0.15, 0.2) is 97.6 Å². The van der Waals surface area contributed by atoms with E-state index in [0.29, 0.717) is 30.5 Å². The van der Waals surface area contributed by atoms with Gasteiger partial charge in [-0.3, -0.25) is 19.9 Å². The summed E-state index contributed by atoms with van der Waals surface area (Å²) in [6.07, 6.45) is 9.23. The van der Waals surface area contributed by atoms with Crippen LogP contribution in [-0.2, 0) is 22.0 Å². The lowest BCUT2D eigenvalue weighted by Crippen LogP contribution is -2.41. The SMILES string of the molecule is COc1ccc(C(C)(C)C)cc1C(O)(CNCC(C)C)c1ccc2nccnc2c1.COc1ccc(C(C)(C)C)cc1C(O)(CNCC1CC1)c1ccc2nccnc2c1. The van der Waals surface area contributed by atoms with E-state index in [2.05, 4.69) is 110 Å². The van der Waals surface area contributed by atoms with Crippen LogP contribution >= 0.6 is 0 Å². The first kappa shape index (κ1) is 44.5. The second-order valence-corrected chi connectivity index (χ2v) is 18.7. The van der Waals surface area contributed by atoms with Gasteiger partial charge in [0, 0.05) is 49.0 Å². The minimum absolute atomic E-state index is 0.0434. The lowest BCUT2D eigenvalue weighted by Gasteiger charge is -2.33. The van der Waals surface area contributed by atoms with Gasteiger partial charge in [-0.25, -0.2) is 0 Å². The summed E-state index contributed by atoms with van der Waals surface area (Å²) in [6.45, 7) is 19.8. The Hall–Kier alpha value is -5.00. The molecule has 0 aliphatic heterocycles. The summed E-state index contributed by atoms with van der Waals surface area (Å²) >= 11 is 0. The Labute approximate surface area is 356 Å². The third-order valence-corrected chi connectivity index (χ3v) is 11.4. The van der Waals surface area contributed by atoms with Crippen molar-refractivity contribution in [2.75, 3.05) is 40.4 Å². The number of aromatic nitrogens is 4. The van der Waals surface area contributed by atoms with Crippen LogP contribution in [0.25, 0.3) is 22.1 Å². The summed E-state index contributed by atoms with van der Waals surface area (Å²) in [5, 5.41) is 31.2. The summed E-state index contributed by atoms with van der Waals surface area (Å²) in [4.78, 5) is 17.6. The number of rotatable bonds is 14. The van der Waals surface area contributed by atoms with Crippen molar-refractivity contribution < 1.29 is 19.7 Å². The molecular formula is C50H64N6O4. The van der Waals surface area contributed by atoms with Crippen LogP contribution in [-0.4, -0.2) is 70.5 Å². The number of fused-ring (bicyclic) bond motifs is 2. The van der Waals surface area contributed by atoms with E-state index in [1.807, 2.05) is 48.5 Å². The number of methoxy groups -OCH3 is 2. The molecule has 7 rings (SSSR count). The number of nitrogens with zero attached hydrogens (tertiary/aromatic N) is 4. The maximum absolute atomic E-state index is 12.2. The maximum Gasteiger partial charge on any atom is 0.131 e. The topological polar surface area (TPSA) is 135 Å². The second-order valence-electron chi connectivity index (χ2n) is 18.7. The van der Waals surface area contributed by atoms with Gasteiger partial charge in [0.2, 0.25) is 0 Å². The van der Waals surface area contributed by atoms with Crippen molar-refractivity contribution in [3.8, 4) is 11.5 Å². The molecule has 0 amide bonds. The van der Waals surface area contributed by atoms with Crippen molar-refractivity contribution in [1.82, 2.24) is 30.6 Å². The predicted molar refractivity (Wildman–Crippen MR) is 242 cm³/mol. The first-order chi connectivity index (χ1) is 28.5. The highest BCUT2D eigenvalue weighted by Crippen LogP contribution is 2.41. The first-order valence-electron chi connectivity index (χ1n) is 21.1. The summed E-state index contributed by atoms with van der Waals surface area (Å²) in [5.41, 5.74) is 5.84. The summed E-state index contributed by atoms with van der Waals surface area (Å²) in [5.74, 6) is 2.54. The zero-order valence-corrected chi connectivity index (χ0v) is 37.1. The molecule has 0 saturated heterocycles. The molecule has 1 aliphatic carbocycles. The van der Waals surface area contributed by atoms with Gasteiger partial charge >= 0.3 is 0 Å². The fraction of sp³-hybridized carbons (Fsp3) is 0.440. The molecule has 6 aromatic rings. The van der Waals surface area contributed by atoms with Gasteiger partial charge in [0.05, 0.1) is 36.3 Å². The Bertz CT molecular complexity index is 2230. The highest BCUT2D eigenvalue weighted by molar-refractivity contribution is 5.76. The molecule has 2 heterocycles. The maximum atomic E-state index is 12.2. The van der Waals surface area contributed by atoms with Gasteiger partial charge in [0.25, 0.3) is 0 Å². The molecule has 0 bridgehead atoms. The van der Waals surface area contributed by atoms with Crippen LogP contribution in [0.4, 0.5) is 0 Å². The predicted octanol–water partition coefficient (Wildman–Crippen LogP) is 8.59. The van der Waals surface area contributed by atoms with E-state index < -0.39 is 11.2 Å². The molecule has 10 nitrogen and oxygen atoms in total. The molecule has 0 spiro atoms. The van der Waals surface area contributed by atoms with Gasteiger partial charge in [0.1, 0.15) is 22.7 Å². The number of hydrogen-bond acceptors (Lipinski definition) is 10. The van der Waals surface area contributed by atoms with E-state index in [1.165, 1.54) is 12.8 Å². The zero-order valence-electron chi connectivity index (χ0n) is 37.1. The highest BCUT2D eigenvalue weighted by Gasteiger charge is 2.38. The molecule has 60 heavy (non-hydrogen) atoms. The van der Waals surface area contributed by atoms with Gasteiger partial charge in [-0.05, 0) is 119 Å². The molecule has 318 valence electrons. The summed E-state index contributed by atoms with van der Waals surface area (Å²) < 4.78 is 11.4. The van der Waals surface area contributed by atoms with Crippen molar-refractivity contribution in [1.29, 1.82) is 0 Å². The van der Waals surface area contributed by atoms with Crippen LogP contribution in [0.2, 0.25) is 0 Å². The van der Waals surface area contributed by atoms with Crippen molar-refractivity contribution in [2.45, 2.75) is 90.3 Å². The fourth-order valence-corrected chi connectivity index (χ4v) is 7.46. The Morgan fingerprint density at radius 1 is 0.567 bits per heavy atom. The number of nitrogens with one attached hydrogen (secondary N) is 2. The fourth-order valence-electron chi connectivity index (χ4n) is 7.46. The van der Waals surface area contributed by atoms with Crippen molar-refractivity contribution in [2.24, 2.45) is 11.8 Å². The Balaban J connectivity index is 0.000000201. The number of ether oxygens (including phenoxy) is 2. The summed E-state index contributed by atoms with van der Waals surface area (Å²) in [7, 11) is 3.29. The van der Waals surface area contributed by atoms with Crippen molar-refractivity contribution in [3.63, 3.8) is 0 Å². The van der Waals surface area contributed by atoms with Crippen molar-refractivity contribution >= 4 is 22.1 Å². The quantitative estimate of drug-likeness (QED) is 0.0848. The number of aliphatic hydroxyl groups is 2. The molecule has 1 fully saturated rings. The Morgan fingerprint density at radius 3 is 1.35 bits per heavy atom. The second kappa shape index (κ2) is 18.3. The molecule has 2 aromatic heterocycles. The van der Waals surface area contributed by atoms with Gasteiger partial charge in [0.15, 0.2) is 0 Å². The van der Waals surface area contributed by atoms with E-state index in [-0.39, 0.29) is 10.8 Å². The molecule has 2 atom stereocenters. The average Bonchev–Trinajstić information content (AvgIpc) is 4.06. The van der Waals surface area contributed by atoms with E-state index >= 15 is 0 Å². The van der Waals surface area contributed by atoms with Crippen LogP contribution in [0.3, 0.4) is 0 Å². The van der Waals surface area contributed by atoms with E-state index in [0.717, 1.165) is 74.5 Å². The van der Waals surface area contributed by atoms with E-state index in [4.69, 9.17) is 9.47 Å². The van der Waals surface area contributed by atoms with E-state index in [1.54, 1.807) is 39.0 Å². The lowest BCUT2D eigenvalue weighted by atomic mass is 9.80. The highest BCUT2D eigenvalue weighted by atomic mass is 16.5. The molecular weight excluding hydrogens is 749 g/mol. The minimum Gasteiger partial charge on any atom is -0.496 e. The third-order valence-electron chi connectivity index (χ3n) is 11.4. The molecule has 1 aliphatic rings. The van der Waals surface area contributed by atoms with Crippen LogP contribution in [0.1, 0.15) is 102 Å². The summed E-state index contributed by atoms with van der Waals surface area (Å²) in [6, 6.07) is 23.8. The zero-order chi connectivity index (χ0) is 43.3. The molecule has 4 aromatic carbocycles. The largest absolute Gasteiger partial charge is 0.496 e. The molecule has 1 saturated carbocycles. The molecule has 10 heteroatoms. The number of hydrogen-bond donors (Lipinski definition) is 4. The normalized spacial score (nSPS) is 15.3. The lowest BCUT2D eigenvalue weighted by molar-refractivity contribution is 0.0762. The monoisotopic (exact) mass is 812 g/mol. The molecule has 4 N–H and O–H groups in total. The van der Waals surface area contributed by atoms with Crippen LogP contribution in [0.5, 0.6) is 11.5 Å². The minimum atomic E-state index is -1.28. The Kier molecular flexibility index (Phi) is 13.6. The van der Waals surface area contributed by atoms with Crippen molar-refractivity contribution in [3.05, 3.63) is 131 Å². The average molecular weight is 813 g/mol. The van der Waals surface area contributed by atoms with Crippen LogP contribution in [0, 0.1) is 11.8 Å². The third kappa shape index (κ3) is 10.3. The van der Waals surface area contributed by atoms with Crippen LogP contribution < -0.4 is 20.1 Å². The molecule has 2 unspecified atom stereocenters. The van der Waals surface area contributed by atoms with Gasteiger partial charge in [-0.15, -0.1) is 0 Å². The first-order valence-corrected chi connectivity index (χ1v) is 21.1. The standard InChI is InChI=1S/C25H31N3O2.C25H33N3O2/c1-24(2,3)18-8-10-23(30-4)20(13-18)25(29,16-26-15-17-5-6-17)19-7-9-21-22(14-19)28-12-11-27-21;1-17(2)15-26-16-25(29,19-7-9-21-22(14-19)28-12-11-27-21)20-13-18(24(3,4)5)8-10-23(20)30-6/h7-14,17,26,29H,5-6,15-16H2,1-4H3;7-14,17,26,29H,15-16H2,1-6H3. The van der Waals surface area contributed by atoms with Gasteiger partial charge < -0.3 is 30.3 Å². The smallest absolute Gasteiger partial charge is 0.131 e. The van der Waals surface area contributed by atoms with Gasteiger partial charge in [-0.2, -0.15) is 0 Å². The van der Waals surface area contributed by atoms with E-state index in [9.17, 15) is 10.2 Å².